The SMILES string of the molecule is CN(/N=C\c1cccs1)C(N)=S. The molecule has 1 rings (SSSR count). The summed E-state index contributed by atoms with van der Waals surface area (Å²) in [5, 5.41) is 7.73. The molecule has 2 N–H and O–H groups in total. The van der Waals surface area contributed by atoms with Crippen molar-refractivity contribution in [3.8, 4) is 0 Å². The Bertz CT molecular complexity index is 279. The summed E-state index contributed by atoms with van der Waals surface area (Å²) in [6, 6.07) is 3.94. The molecule has 0 aromatic carbocycles. The van der Waals surface area contributed by atoms with Gasteiger partial charge in [-0.15, -0.1) is 11.3 Å². The number of hydrogen-bond acceptors (Lipinski definition) is 3. The Balaban J connectivity index is 2.56. The lowest BCUT2D eigenvalue weighted by molar-refractivity contribution is 0.552. The maximum absolute atomic E-state index is 5.32. The first kappa shape index (κ1) is 9.15. The van der Waals surface area contributed by atoms with Crippen molar-refractivity contribution in [3.63, 3.8) is 0 Å². The van der Waals surface area contributed by atoms with Gasteiger partial charge in [0, 0.05) is 11.9 Å². The highest BCUT2D eigenvalue weighted by molar-refractivity contribution is 7.80. The quantitative estimate of drug-likeness (QED) is 0.443. The Morgan fingerprint density at radius 2 is 2.58 bits per heavy atom. The normalized spacial score (nSPS) is 10.4. The van der Waals surface area contributed by atoms with Crippen LogP contribution in [0.4, 0.5) is 0 Å². The molecule has 0 unspecified atom stereocenters. The summed E-state index contributed by atoms with van der Waals surface area (Å²) in [6.07, 6.45) is 1.73. The average Bonchev–Trinajstić information content (AvgIpc) is 2.51. The summed E-state index contributed by atoms with van der Waals surface area (Å²) in [5.41, 5.74) is 5.32. The highest BCUT2D eigenvalue weighted by atomic mass is 32.1. The molecule has 64 valence electrons. The first-order valence-corrected chi connectivity index (χ1v) is 4.59. The average molecular weight is 199 g/mol. The van der Waals surface area contributed by atoms with E-state index in [9.17, 15) is 0 Å². The molecule has 1 aromatic heterocycles. The second-order valence-electron chi connectivity index (χ2n) is 2.12. The molecule has 3 nitrogen and oxygen atoms in total. The lowest BCUT2D eigenvalue weighted by Gasteiger charge is -2.07. The molecule has 0 fully saturated rings. The van der Waals surface area contributed by atoms with Crippen molar-refractivity contribution in [2.75, 3.05) is 7.05 Å². The van der Waals surface area contributed by atoms with Crippen molar-refractivity contribution < 1.29 is 0 Å². The van der Waals surface area contributed by atoms with E-state index < -0.39 is 0 Å². The van der Waals surface area contributed by atoms with Gasteiger partial charge in [0.05, 0.1) is 6.21 Å². The Kier molecular flexibility index (Phi) is 3.19. The van der Waals surface area contributed by atoms with Gasteiger partial charge in [-0.05, 0) is 23.7 Å². The van der Waals surface area contributed by atoms with Crippen LogP contribution in [0.2, 0.25) is 0 Å². The summed E-state index contributed by atoms with van der Waals surface area (Å²) in [5.74, 6) is 0. The first-order valence-electron chi connectivity index (χ1n) is 3.31. The fourth-order valence-electron chi connectivity index (χ4n) is 0.565. The van der Waals surface area contributed by atoms with E-state index in [0.717, 1.165) is 4.88 Å². The standard InChI is InChI=1S/C7H9N3S2/c1-10(7(8)11)9-5-6-3-2-4-12-6/h2-5H,1H3,(H2,8,11)/b9-5-. The zero-order valence-electron chi connectivity index (χ0n) is 6.60. The van der Waals surface area contributed by atoms with Crippen molar-refractivity contribution in [3.05, 3.63) is 22.4 Å². The molecule has 0 saturated carbocycles. The van der Waals surface area contributed by atoms with Gasteiger partial charge in [0.15, 0.2) is 5.11 Å². The van der Waals surface area contributed by atoms with Crippen molar-refractivity contribution in [1.29, 1.82) is 0 Å². The minimum absolute atomic E-state index is 0.266. The van der Waals surface area contributed by atoms with Gasteiger partial charge in [0.1, 0.15) is 0 Å². The second-order valence-corrected chi connectivity index (χ2v) is 3.52. The zero-order chi connectivity index (χ0) is 8.97. The van der Waals surface area contributed by atoms with Gasteiger partial charge in [-0.2, -0.15) is 5.10 Å². The molecule has 0 amide bonds. The highest BCUT2D eigenvalue weighted by Crippen LogP contribution is 2.04. The molecule has 0 spiro atoms. The first-order chi connectivity index (χ1) is 5.70. The fourth-order valence-corrected chi connectivity index (χ4v) is 1.19. The van der Waals surface area contributed by atoms with E-state index in [1.165, 1.54) is 5.01 Å². The van der Waals surface area contributed by atoms with Crippen LogP contribution < -0.4 is 5.73 Å². The molecule has 0 aliphatic heterocycles. The maximum Gasteiger partial charge on any atom is 0.186 e. The fraction of sp³-hybridized carbons (Fsp3) is 0.143. The second kappa shape index (κ2) is 4.18. The lowest BCUT2D eigenvalue weighted by Crippen LogP contribution is -2.26. The van der Waals surface area contributed by atoms with Crippen LogP contribution in [0.5, 0.6) is 0 Å². The Morgan fingerprint density at radius 1 is 1.83 bits per heavy atom. The summed E-state index contributed by atoms with van der Waals surface area (Å²) in [6.45, 7) is 0. The number of thiophene rings is 1. The molecule has 12 heavy (non-hydrogen) atoms. The predicted molar refractivity (Wildman–Crippen MR) is 56.5 cm³/mol. The van der Waals surface area contributed by atoms with Crippen molar-refractivity contribution >= 4 is 34.9 Å². The van der Waals surface area contributed by atoms with Crippen LogP contribution in [0.15, 0.2) is 22.6 Å². The maximum atomic E-state index is 5.32. The lowest BCUT2D eigenvalue weighted by atomic mass is 10.5. The van der Waals surface area contributed by atoms with E-state index in [4.69, 9.17) is 18.0 Å². The molecule has 0 aliphatic rings. The largest absolute Gasteiger partial charge is 0.375 e. The molecular weight excluding hydrogens is 190 g/mol. The van der Waals surface area contributed by atoms with Crippen molar-refractivity contribution in [2.24, 2.45) is 10.8 Å². The summed E-state index contributed by atoms with van der Waals surface area (Å²) in [7, 11) is 1.71. The number of rotatable bonds is 2. The van der Waals surface area contributed by atoms with E-state index >= 15 is 0 Å². The Hall–Kier alpha value is -0.940. The summed E-state index contributed by atoms with van der Waals surface area (Å²) in [4.78, 5) is 1.08. The van der Waals surface area contributed by atoms with Crippen LogP contribution in [0, 0.1) is 0 Å². The minimum Gasteiger partial charge on any atom is -0.375 e. The van der Waals surface area contributed by atoms with Crippen LogP contribution in [-0.4, -0.2) is 23.4 Å². The van der Waals surface area contributed by atoms with Gasteiger partial charge < -0.3 is 5.73 Å². The number of hydrazone groups is 1. The number of nitrogens with zero attached hydrogens (tertiary/aromatic N) is 2. The smallest absolute Gasteiger partial charge is 0.186 e. The Morgan fingerprint density at radius 3 is 3.08 bits per heavy atom. The molecule has 5 heteroatoms. The third-order valence-electron chi connectivity index (χ3n) is 1.22. The van der Waals surface area contributed by atoms with Gasteiger partial charge >= 0.3 is 0 Å². The van der Waals surface area contributed by atoms with Gasteiger partial charge in [-0.25, -0.2) is 5.01 Å². The Labute approximate surface area is 80.5 Å². The topological polar surface area (TPSA) is 41.6 Å². The van der Waals surface area contributed by atoms with Gasteiger partial charge in [0.2, 0.25) is 0 Å². The third-order valence-corrected chi connectivity index (χ3v) is 2.29. The van der Waals surface area contributed by atoms with Crippen LogP contribution in [-0.2, 0) is 0 Å². The van der Waals surface area contributed by atoms with Crippen LogP contribution in [0.3, 0.4) is 0 Å². The van der Waals surface area contributed by atoms with Crippen molar-refractivity contribution in [1.82, 2.24) is 5.01 Å². The van der Waals surface area contributed by atoms with E-state index in [2.05, 4.69) is 5.10 Å². The molecule has 0 bridgehead atoms. The molecule has 0 atom stereocenters. The molecule has 0 aliphatic carbocycles. The van der Waals surface area contributed by atoms with E-state index in [0.29, 0.717) is 0 Å². The summed E-state index contributed by atoms with van der Waals surface area (Å²) < 4.78 is 0. The molecule has 1 heterocycles. The number of thiocarbonyl (C=S) groups is 1. The highest BCUT2D eigenvalue weighted by Gasteiger charge is 1.93. The number of hydrogen-bond donors (Lipinski definition) is 1. The summed E-state index contributed by atoms with van der Waals surface area (Å²) >= 11 is 6.32. The third kappa shape index (κ3) is 2.60. The van der Waals surface area contributed by atoms with Gasteiger partial charge in [-0.3, -0.25) is 0 Å². The monoisotopic (exact) mass is 199 g/mol. The van der Waals surface area contributed by atoms with E-state index in [1.54, 1.807) is 24.6 Å². The van der Waals surface area contributed by atoms with E-state index in [1.807, 2.05) is 17.5 Å². The van der Waals surface area contributed by atoms with Gasteiger partial charge in [0.25, 0.3) is 0 Å². The number of nitrogens with two attached hydrogens (primary N) is 1. The van der Waals surface area contributed by atoms with Crippen LogP contribution in [0.25, 0.3) is 0 Å². The molecular formula is C7H9N3S2. The van der Waals surface area contributed by atoms with Crippen LogP contribution in [0.1, 0.15) is 4.88 Å². The van der Waals surface area contributed by atoms with Gasteiger partial charge in [-0.1, -0.05) is 6.07 Å². The van der Waals surface area contributed by atoms with Crippen LogP contribution >= 0.6 is 23.6 Å². The predicted octanol–water partition coefficient (Wildman–Crippen LogP) is 1.26. The zero-order valence-corrected chi connectivity index (χ0v) is 8.23. The van der Waals surface area contributed by atoms with E-state index in [-0.39, 0.29) is 5.11 Å². The molecule has 0 saturated heterocycles. The molecule has 0 radical (unpaired) electrons. The van der Waals surface area contributed by atoms with Crippen molar-refractivity contribution in [2.45, 2.75) is 0 Å². The molecule has 1 aromatic rings. The minimum atomic E-state index is 0.266.